The molecule has 0 aliphatic heterocycles. The average molecular weight is 325 g/mol. The van der Waals surface area contributed by atoms with Crippen molar-refractivity contribution >= 4 is 11.9 Å². The number of aryl methyl sites for hydroxylation is 1. The van der Waals surface area contributed by atoms with Crippen LogP contribution in [0.5, 0.6) is 0 Å². The first-order valence-electron chi connectivity index (χ1n) is 7.53. The van der Waals surface area contributed by atoms with Crippen LogP contribution in [0, 0.1) is 26.2 Å². The maximum absolute atomic E-state index is 11.8. The van der Waals surface area contributed by atoms with Gasteiger partial charge in [0.15, 0.2) is 0 Å². The van der Waals surface area contributed by atoms with Crippen LogP contribution in [-0.2, 0) is 11.2 Å². The van der Waals surface area contributed by atoms with Crippen LogP contribution in [0.1, 0.15) is 33.7 Å². The molecule has 2 rings (SSSR count). The SMILES string of the molecule is C#CCNC(=O)c1ccc(-n2nc(C)c(CCC(=O)O)c2C)cc1. The van der Waals surface area contributed by atoms with Crippen molar-refractivity contribution < 1.29 is 14.7 Å². The Bertz CT molecular complexity index is 798. The predicted molar refractivity (Wildman–Crippen MR) is 90.2 cm³/mol. The molecule has 2 N–H and O–H groups in total. The number of carbonyl (C=O) groups excluding carboxylic acids is 1. The fraction of sp³-hybridized carbons (Fsp3) is 0.278. The fourth-order valence-corrected chi connectivity index (χ4v) is 2.51. The second-order valence-corrected chi connectivity index (χ2v) is 5.39. The van der Waals surface area contributed by atoms with Gasteiger partial charge in [-0.15, -0.1) is 6.42 Å². The third-order valence-electron chi connectivity index (χ3n) is 3.76. The predicted octanol–water partition coefficient (Wildman–Crippen LogP) is 1.87. The van der Waals surface area contributed by atoms with Gasteiger partial charge >= 0.3 is 5.97 Å². The number of terminal acetylenes is 1. The number of nitrogens with zero attached hydrogens (tertiary/aromatic N) is 2. The van der Waals surface area contributed by atoms with Crippen LogP contribution >= 0.6 is 0 Å². The van der Waals surface area contributed by atoms with Crippen LogP contribution < -0.4 is 5.32 Å². The van der Waals surface area contributed by atoms with E-state index in [1.165, 1.54) is 0 Å². The molecule has 0 aliphatic rings. The van der Waals surface area contributed by atoms with Gasteiger partial charge in [-0.05, 0) is 50.1 Å². The molecule has 6 nitrogen and oxygen atoms in total. The van der Waals surface area contributed by atoms with Crippen LogP contribution in [-0.4, -0.2) is 33.3 Å². The molecule has 24 heavy (non-hydrogen) atoms. The monoisotopic (exact) mass is 325 g/mol. The van der Waals surface area contributed by atoms with Crippen molar-refractivity contribution in [2.75, 3.05) is 6.54 Å². The molecule has 0 spiro atoms. The number of carboxylic acid groups (broad SMARTS) is 1. The molecule has 1 aromatic carbocycles. The van der Waals surface area contributed by atoms with Crippen LogP contribution in [0.3, 0.4) is 0 Å². The summed E-state index contributed by atoms with van der Waals surface area (Å²) < 4.78 is 1.76. The Kier molecular flexibility index (Phi) is 5.38. The highest BCUT2D eigenvalue weighted by Gasteiger charge is 2.14. The minimum absolute atomic E-state index is 0.0711. The number of carboxylic acids is 1. The molecule has 1 heterocycles. The van der Waals surface area contributed by atoms with Crippen molar-refractivity contribution in [2.24, 2.45) is 0 Å². The first-order valence-corrected chi connectivity index (χ1v) is 7.53. The minimum Gasteiger partial charge on any atom is -0.481 e. The number of benzene rings is 1. The van der Waals surface area contributed by atoms with Crippen molar-refractivity contribution in [1.29, 1.82) is 0 Å². The van der Waals surface area contributed by atoms with Gasteiger partial charge in [0.1, 0.15) is 0 Å². The van der Waals surface area contributed by atoms with Crippen LogP contribution in [0.25, 0.3) is 5.69 Å². The first-order chi connectivity index (χ1) is 11.4. The van der Waals surface area contributed by atoms with E-state index in [0.29, 0.717) is 12.0 Å². The van der Waals surface area contributed by atoms with Crippen LogP contribution in [0.4, 0.5) is 0 Å². The number of rotatable bonds is 6. The Morgan fingerprint density at radius 2 is 1.96 bits per heavy atom. The van der Waals surface area contributed by atoms with Gasteiger partial charge in [0.2, 0.25) is 0 Å². The molecule has 0 aliphatic carbocycles. The molecule has 0 atom stereocenters. The Morgan fingerprint density at radius 1 is 1.29 bits per heavy atom. The number of aromatic nitrogens is 2. The summed E-state index contributed by atoms with van der Waals surface area (Å²) in [7, 11) is 0. The van der Waals surface area contributed by atoms with E-state index in [4.69, 9.17) is 11.5 Å². The van der Waals surface area contributed by atoms with Gasteiger partial charge in [-0.25, -0.2) is 4.68 Å². The third kappa shape index (κ3) is 3.82. The zero-order chi connectivity index (χ0) is 17.7. The normalized spacial score (nSPS) is 10.2. The van der Waals surface area contributed by atoms with E-state index < -0.39 is 5.97 Å². The molecule has 0 radical (unpaired) electrons. The summed E-state index contributed by atoms with van der Waals surface area (Å²) >= 11 is 0. The smallest absolute Gasteiger partial charge is 0.303 e. The zero-order valence-corrected chi connectivity index (χ0v) is 13.7. The van der Waals surface area contributed by atoms with Gasteiger partial charge < -0.3 is 10.4 Å². The molecule has 124 valence electrons. The molecule has 6 heteroatoms. The fourth-order valence-electron chi connectivity index (χ4n) is 2.51. The van der Waals surface area contributed by atoms with Gasteiger partial charge in [0, 0.05) is 17.7 Å². The van der Waals surface area contributed by atoms with E-state index in [0.717, 1.165) is 22.6 Å². The van der Waals surface area contributed by atoms with Gasteiger partial charge in [-0.3, -0.25) is 9.59 Å². The second-order valence-electron chi connectivity index (χ2n) is 5.39. The van der Waals surface area contributed by atoms with Gasteiger partial charge in [0.05, 0.1) is 17.9 Å². The second kappa shape index (κ2) is 7.47. The third-order valence-corrected chi connectivity index (χ3v) is 3.76. The van der Waals surface area contributed by atoms with Gasteiger partial charge in [0.25, 0.3) is 5.91 Å². The highest BCUT2D eigenvalue weighted by Crippen LogP contribution is 2.19. The van der Waals surface area contributed by atoms with Crippen LogP contribution in [0.15, 0.2) is 24.3 Å². The Balaban J connectivity index is 2.23. The molecule has 0 unspecified atom stereocenters. The summed E-state index contributed by atoms with van der Waals surface area (Å²) in [4.78, 5) is 22.6. The Morgan fingerprint density at radius 3 is 2.54 bits per heavy atom. The lowest BCUT2D eigenvalue weighted by Crippen LogP contribution is -2.23. The molecule has 0 saturated heterocycles. The van der Waals surface area contributed by atoms with E-state index in [2.05, 4.69) is 16.3 Å². The highest BCUT2D eigenvalue weighted by molar-refractivity contribution is 5.94. The summed E-state index contributed by atoms with van der Waals surface area (Å²) in [5, 5.41) is 15.9. The lowest BCUT2D eigenvalue weighted by molar-refractivity contribution is -0.136. The van der Waals surface area contributed by atoms with E-state index in [9.17, 15) is 9.59 Å². The van der Waals surface area contributed by atoms with Crippen molar-refractivity contribution in [2.45, 2.75) is 26.7 Å². The lowest BCUT2D eigenvalue weighted by Gasteiger charge is -2.07. The zero-order valence-electron chi connectivity index (χ0n) is 13.7. The van der Waals surface area contributed by atoms with Gasteiger partial charge in [-0.2, -0.15) is 5.10 Å². The Labute approximate surface area is 140 Å². The number of hydrogen-bond donors (Lipinski definition) is 2. The minimum atomic E-state index is -0.830. The summed E-state index contributed by atoms with van der Waals surface area (Å²) in [5.41, 5.74) is 3.98. The average Bonchev–Trinajstić information content (AvgIpc) is 2.85. The number of hydrogen-bond acceptors (Lipinski definition) is 3. The first kappa shape index (κ1) is 17.3. The summed E-state index contributed by atoms with van der Waals surface area (Å²) in [5.74, 6) is 1.30. The van der Waals surface area contributed by atoms with Crippen molar-refractivity contribution in [3.63, 3.8) is 0 Å². The standard InChI is InChI=1S/C18H19N3O3/c1-4-11-19-18(24)14-5-7-15(8-6-14)21-13(3)16(12(2)20-21)9-10-17(22)23/h1,5-8H,9-11H2,2-3H3,(H,19,24)(H,22,23). The molecular weight excluding hydrogens is 306 g/mol. The van der Waals surface area contributed by atoms with E-state index >= 15 is 0 Å². The molecule has 2 aromatic rings. The summed E-state index contributed by atoms with van der Waals surface area (Å²) in [6.07, 6.45) is 5.63. The molecule has 0 fully saturated rings. The number of nitrogens with one attached hydrogen (secondary N) is 1. The molecule has 1 amide bonds. The van der Waals surface area contributed by atoms with Crippen LogP contribution in [0.2, 0.25) is 0 Å². The molecule has 1 aromatic heterocycles. The number of aliphatic carboxylic acids is 1. The van der Waals surface area contributed by atoms with Crippen molar-refractivity contribution in [1.82, 2.24) is 15.1 Å². The molecule has 0 bridgehead atoms. The summed E-state index contributed by atoms with van der Waals surface area (Å²) in [6, 6.07) is 7.00. The van der Waals surface area contributed by atoms with Crippen molar-refractivity contribution in [3.05, 3.63) is 46.8 Å². The van der Waals surface area contributed by atoms with Gasteiger partial charge in [-0.1, -0.05) is 5.92 Å². The maximum atomic E-state index is 11.8. The van der Waals surface area contributed by atoms with E-state index in [1.807, 2.05) is 13.8 Å². The Hall–Kier alpha value is -3.07. The van der Waals surface area contributed by atoms with Crippen molar-refractivity contribution in [3.8, 4) is 18.0 Å². The number of carbonyl (C=O) groups is 2. The maximum Gasteiger partial charge on any atom is 0.303 e. The topological polar surface area (TPSA) is 84.2 Å². The van der Waals surface area contributed by atoms with E-state index in [1.54, 1.807) is 28.9 Å². The lowest BCUT2D eigenvalue weighted by atomic mass is 10.1. The molecular formula is C18H19N3O3. The largest absolute Gasteiger partial charge is 0.481 e. The van der Waals surface area contributed by atoms with E-state index in [-0.39, 0.29) is 18.9 Å². The number of amides is 1. The summed E-state index contributed by atoms with van der Waals surface area (Å²) in [6.45, 7) is 3.96. The highest BCUT2D eigenvalue weighted by atomic mass is 16.4. The molecule has 0 saturated carbocycles. The quantitative estimate of drug-likeness (QED) is 0.794.